The van der Waals surface area contributed by atoms with Crippen LogP contribution in [-0.4, -0.2) is 31.7 Å². The molecule has 0 aliphatic rings. The number of nitrogens with zero attached hydrogens (tertiary/aromatic N) is 3. The first-order valence-electron chi connectivity index (χ1n) is 9.62. The molecule has 0 aliphatic carbocycles. The van der Waals surface area contributed by atoms with Crippen molar-refractivity contribution in [3.8, 4) is 22.8 Å². The molecule has 0 N–H and O–H groups in total. The standard InChI is InChI=1S/C24H27N3O2S/c1-16(2)13-25-24-27(26-14-19-8-7-17(3)11-18(19)4)22(15-30-24)21-12-20(28-5)9-10-23(21)29-6/h7-12,14-15H,1,13H2,2-6H3. The first-order valence-corrected chi connectivity index (χ1v) is 10.5. The maximum absolute atomic E-state index is 5.60. The van der Waals surface area contributed by atoms with Gasteiger partial charge in [0.1, 0.15) is 11.5 Å². The Kier molecular flexibility index (Phi) is 6.90. The fraction of sp³-hybridized carbons (Fsp3) is 0.250. The lowest BCUT2D eigenvalue weighted by Crippen LogP contribution is -2.13. The summed E-state index contributed by atoms with van der Waals surface area (Å²) in [5.74, 6) is 1.50. The highest BCUT2D eigenvalue weighted by molar-refractivity contribution is 7.07. The number of aryl methyl sites for hydroxylation is 2. The summed E-state index contributed by atoms with van der Waals surface area (Å²) in [6.45, 7) is 10.6. The Morgan fingerprint density at radius 3 is 2.60 bits per heavy atom. The Hall–Kier alpha value is -3.12. The zero-order valence-electron chi connectivity index (χ0n) is 18.1. The normalized spacial score (nSPS) is 11.8. The third-order valence-electron chi connectivity index (χ3n) is 4.59. The lowest BCUT2D eigenvalue weighted by Gasteiger charge is -2.11. The lowest BCUT2D eigenvalue weighted by molar-refractivity contribution is 0.404. The van der Waals surface area contributed by atoms with Gasteiger partial charge in [-0.15, -0.1) is 11.3 Å². The highest BCUT2D eigenvalue weighted by Crippen LogP contribution is 2.33. The summed E-state index contributed by atoms with van der Waals surface area (Å²) >= 11 is 1.53. The number of hydrogen-bond acceptors (Lipinski definition) is 5. The molecule has 3 rings (SSSR count). The van der Waals surface area contributed by atoms with Crippen molar-refractivity contribution in [3.63, 3.8) is 0 Å². The number of benzene rings is 2. The molecule has 0 saturated carbocycles. The molecule has 0 atom stereocenters. The minimum Gasteiger partial charge on any atom is -0.497 e. The average molecular weight is 422 g/mol. The van der Waals surface area contributed by atoms with Crippen LogP contribution >= 0.6 is 11.3 Å². The second-order valence-corrected chi connectivity index (χ2v) is 8.00. The quantitative estimate of drug-likeness (QED) is 0.388. The van der Waals surface area contributed by atoms with E-state index in [0.29, 0.717) is 6.54 Å². The van der Waals surface area contributed by atoms with E-state index >= 15 is 0 Å². The molecule has 0 saturated heterocycles. The van der Waals surface area contributed by atoms with E-state index in [0.717, 1.165) is 38.7 Å². The van der Waals surface area contributed by atoms with E-state index in [9.17, 15) is 0 Å². The van der Waals surface area contributed by atoms with Crippen molar-refractivity contribution in [1.82, 2.24) is 4.68 Å². The lowest BCUT2D eigenvalue weighted by atomic mass is 10.1. The monoisotopic (exact) mass is 421 g/mol. The Balaban J connectivity index is 2.17. The molecule has 6 heteroatoms. The summed E-state index contributed by atoms with van der Waals surface area (Å²) in [5.41, 5.74) is 6.24. The molecule has 0 fully saturated rings. The third kappa shape index (κ3) is 4.89. The van der Waals surface area contributed by atoms with Crippen LogP contribution in [0.3, 0.4) is 0 Å². The predicted molar refractivity (Wildman–Crippen MR) is 125 cm³/mol. The fourth-order valence-electron chi connectivity index (χ4n) is 3.01. The van der Waals surface area contributed by atoms with Crippen LogP contribution in [0.25, 0.3) is 11.3 Å². The van der Waals surface area contributed by atoms with Gasteiger partial charge in [-0.2, -0.15) is 5.10 Å². The van der Waals surface area contributed by atoms with Crippen molar-refractivity contribution in [2.75, 3.05) is 20.8 Å². The van der Waals surface area contributed by atoms with Crippen molar-refractivity contribution in [2.24, 2.45) is 10.1 Å². The van der Waals surface area contributed by atoms with Gasteiger partial charge in [-0.3, -0.25) is 4.99 Å². The van der Waals surface area contributed by atoms with Crippen LogP contribution in [0.4, 0.5) is 0 Å². The van der Waals surface area contributed by atoms with Crippen LogP contribution in [0.5, 0.6) is 11.5 Å². The van der Waals surface area contributed by atoms with Gasteiger partial charge in [0.25, 0.3) is 0 Å². The molecule has 0 radical (unpaired) electrons. The fourth-order valence-corrected chi connectivity index (χ4v) is 3.84. The second-order valence-electron chi connectivity index (χ2n) is 7.16. The molecular formula is C24H27N3O2S. The van der Waals surface area contributed by atoms with Crippen LogP contribution in [0.1, 0.15) is 23.6 Å². The summed E-state index contributed by atoms with van der Waals surface area (Å²) in [6, 6.07) is 12.0. The number of hydrogen-bond donors (Lipinski definition) is 0. The van der Waals surface area contributed by atoms with Crippen molar-refractivity contribution in [3.05, 3.63) is 75.4 Å². The molecule has 30 heavy (non-hydrogen) atoms. The van der Waals surface area contributed by atoms with Gasteiger partial charge in [0, 0.05) is 10.9 Å². The van der Waals surface area contributed by atoms with E-state index in [2.05, 4.69) is 38.6 Å². The molecule has 0 amide bonds. The minimum atomic E-state index is 0.550. The zero-order chi connectivity index (χ0) is 21.7. The van der Waals surface area contributed by atoms with Crippen LogP contribution in [0.15, 0.2) is 64.0 Å². The van der Waals surface area contributed by atoms with Crippen molar-refractivity contribution in [1.29, 1.82) is 0 Å². The second kappa shape index (κ2) is 9.59. The van der Waals surface area contributed by atoms with Crippen molar-refractivity contribution < 1.29 is 9.47 Å². The first-order chi connectivity index (χ1) is 14.4. The third-order valence-corrected chi connectivity index (χ3v) is 5.44. The molecule has 1 aromatic heterocycles. The predicted octanol–water partition coefficient (Wildman–Crippen LogP) is 5.21. The first kappa shape index (κ1) is 21.6. The average Bonchev–Trinajstić information content (AvgIpc) is 3.13. The molecule has 0 aliphatic heterocycles. The van der Waals surface area contributed by atoms with E-state index < -0.39 is 0 Å². The van der Waals surface area contributed by atoms with Crippen LogP contribution in [0, 0.1) is 13.8 Å². The highest BCUT2D eigenvalue weighted by atomic mass is 32.1. The number of ether oxygens (including phenoxy) is 2. The van der Waals surface area contributed by atoms with E-state index in [1.54, 1.807) is 14.2 Å². The maximum Gasteiger partial charge on any atom is 0.206 e. The van der Waals surface area contributed by atoms with Gasteiger partial charge in [-0.05, 0) is 50.1 Å². The minimum absolute atomic E-state index is 0.550. The van der Waals surface area contributed by atoms with E-state index in [-0.39, 0.29) is 0 Å². The maximum atomic E-state index is 5.60. The molecule has 0 unspecified atom stereocenters. The van der Waals surface area contributed by atoms with Gasteiger partial charge < -0.3 is 9.47 Å². The Bertz CT molecular complexity index is 1160. The molecule has 2 aromatic carbocycles. The molecular weight excluding hydrogens is 394 g/mol. The SMILES string of the molecule is C=C(C)CN=c1scc(-c2cc(OC)ccc2OC)n1N=Cc1ccc(C)cc1C. The number of methoxy groups -OCH3 is 2. The molecule has 3 aromatic rings. The summed E-state index contributed by atoms with van der Waals surface area (Å²) in [7, 11) is 3.31. The van der Waals surface area contributed by atoms with Gasteiger partial charge in [0.05, 0.1) is 32.7 Å². The van der Waals surface area contributed by atoms with Crippen LogP contribution in [-0.2, 0) is 0 Å². The number of thiazole rings is 1. The zero-order valence-corrected chi connectivity index (χ0v) is 18.9. The van der Waals surface area contributed by atoms with E-state index in [1.165, 1.54) is 22.5 Å². The van der Waals surface area contributed by atoms with Gasteiger partial charge in [-0.1, -0.05) is 35.9 Å². The molecule has 0 spiro atoms. The van der Waals surface area contributed by atoms with E-state index in [1.807, 2.05) is 41.4 Å². The molecule has 1 heterocycles. The van der Waals surface area contributed by atoms with Crippen molar-refractivity contribution in [2.45, 2.75) is 20.8 Å². The van der Waals surface area contributed by atoms with Gasteiger partial charge >= 0.3 is 0 Å². The number of aromatic nitrogens is 1. The molecule has 156 valence electrons. The summed E-state index contributed by atoms with van der Waals surface area (Å²) in [5, 5.41) is 6.83. The topological polar surface area (TPSA) is 48.1 Å². The van der Waals surface area contributed by atoms with Gasteiger partial charge in [-0.25, -0.2) is 4.68 Å². The summed E-state index contributed by atoms with van der Waals surface area (Å²) in [6.07, 6.45) is 1.87. The molecule has 0 bridgehead atoms. The Labute approximate surface area is 181 Å². The van der Waals surface area contributed by atoms with Crippen LogP contribution in [0.2, 0.25) is 0 Å². The van der Waals surface area contributed by atoms with Gasteiger partial charge in [0.2, 0.25) is 4.80 Å². The summed E-state index contributed by atoms with van der Waals surface area (Å²) in [4.78, 5) is 5.49. The molecule has 5 nitrogen and oxygen atoms in total. The Morgan fingerprint density at radius 2 is 1.93 bits per heavy atom. The number of rotatable bonds is 7. The summed E-state index contributed by atoms with van der Waals surface area (Å²) < 4.78 is 12.9. The van der Waals surface area contributed by atoms with E-state index in [4.69, 9.17) is 19.6 Å². The van der Waals surface area contributed by atoms with Gasteiger partial charge in [0.15, 0.2) is 0 Å². The van der Waals surface area contributed by atoms with Crippen LogP contribution < -0.4 is 14.3 Å². The Morgan fingerprint density at radius 1 is 1.13 bits per heavy atom. The smallest absolute Gasteiger partial charge is 0.206 e. The highest BCUT2D eigenvalue weighted by Gasteiger charge is 2.14. The largest absolute Gasteiger partial charge is 0.497 e. The van der Waals surface area contributed by atoms with Crippen molar-refractivity contribution >= 4 is 17.6 Å².